The van der Waals surface area contributed by atoms with E-state index < -0.39 is 5.25 Å². The number of thioether (sulfide) groups is 1. The number of nitrogens with zero attached hydrogens (tertiary/aromatic N) is 3. The number of benzene rings is 2. The minimum atomic E-state index is -0.601. The fourth-order valence-electron chi connectivity index (χ4n) is 3.85. The minimum absolute atomic E-state index is 0.0275. The lowest BCUT2D eigenvalue weighted by atomic mass is 10.0. The highest BCUT2D eigenvalue weighted by Gasteiger charge is 2.40. The van der Waals surface area contributed by atoms with Gasteiger partial charge in [0.2, 0.25) is 5.91 Å². The highest BCUT2D eigenvalue weighted by atomic mass is 32.2. The zero-order chi connectivity index (χ0) is 23.5. The number of amides is 2. The molecular weight excluding hydrogens is 452 g/mol. The normalized spacial score (nSPS) is 19.7. The average Bonchev–Trinajstić information content (AvgIpc) is 3.60. The molecule has 0 unspecified atom stereocenters. The minimum Gasteiger partial charge on any atom is -0.497 e. The molecule has 5 rings (SSSR count). The summed E-state index contributed by atoms with van der Waals surface area (Å²) >= 11 is 1.26. The fraction of sp³-hybridized carbons (Fsp3) is 0.200. The van der Waals surface area contributed by atoms with Crippen molar-refractivity contribution < 1.29 is 18.7 Å². The maximum atomic E-state index is 12.6. The van der Waals surface area contributed by atoms with Crippen molar-refractivity contribution in [2.24, 2.45) is 10.1 Å². The van der Waals surface area contributed by atoms with Crippen molar-refractivity contribution in [1.82, 2.24) is 5.01 Å². The van der Waals surface area contributed by atoms with E-state index in [4.69, 9.17) is 14.3 Å². The second kappa shape index (κ2) is 9.56. The number of furan rings is 1. The van der Waals surface area contributed by atoms with Gasteiger partial charge < -0.3 is 14.5 Å². The third-order valence-corrected chi connectivity index (χ3v) is 6.70. The topological polar surface area (TPSA) is 96.5 Å². The highest BCUT2D eigenvalue weighted by Crippen LogP contribution is 2.38. The van der Waals surface area contributed by atoms with Crippen LogP contribution in [0.2, 0.25) is 0 Å². The zero-order valence-electron chi connectivity index (χ0n) is 18.4. The van der Waals surface area contributed by atoms with Crippen LogP contribution in [0.15, 0.2) is 87.5 Å². The molecule has 34 heavy (non-hydrogen) atoms. The molecular formula is C25H22N4O4S. The molecule has 3 aromatic rings. The number of carbonyl (C=O) groups is 2. The van der Waals surface area contributed by atoms with Gasteiger partial charge in [-0.15, -0.1) is 0 Å². The molecule has 0 bridgehead atoms. The van der Waals surface area contributed by atoms with Gasteiger partial charge in [0.25, 0.3) is 5.91 Å². The van der Waals surface area contributed by atoms with Crippen LogP contribution in [0.1, 0.15) is 30.2 Å². The van der Waals surface area contributed by atoms with Crippen molar-refractivity contribution in [3.63, 3.8) is 0 Å². The molecule has 9 heteroatoms. The van der Waals surface area contributed by atoms with Gasteiger partial charge in [0.15, 0.2) is 5.17 Å². The summed E-state index contributed by atoms with van der Waals surface area (Å²) in [5.74, 6) is 0.919. The summed E-state index contributed by atoms with van der Waals surface area (Å²) in [7, 11) is 1.62. The van der Waals surface area contributed by atoms with Crippen LogP contribution in [0.5, 0.6) is 5.75 Å². The van der Waals surface area contributed by atoms with Gasteiger partial charge in [0.1, 0.15) is 22.8 Å². The predicted octanol–water partition coefficient (Wildman–Crippen LogP) is 4.47. The highest BCUT2D eigenvalue weighted by molar-refractivity contribution is 8.15. The predicted molar refractivity (Wildman–Crippen MR) is 131 cm³/mol. The van der Waals surface area contributed by atoms with Crippen molar-refractivity contribution in [3.05, 3.63) is 84.3 Å². The molecule has 1 aromatic heterocycles. The summed E-state index contributed by atoms with van der Waals surface area (Å²) in [6.45, 7) is 0. The molecule has 2 atom stereocenters. The first kappa shape index (κ1) is 22.0. The van der Waals surface area contributed by atoms with E-state index in [-0.39, 0.29) is 24.3 Å². The van der Waals surface area contributed by atoms with Gasteiger partial charge in [0, 0.05) is 18.5 Å². The van der Waals surface area contributed by atoms with Gasteiger partial charge in [-0.1, -0.05) is 30.0 Å². The first-order chi connectivity index (χ1) is 16.6. The molecule has 3 heterocycles. The molecule has 2 amide bonds. The molecule has 0 radical (unpaired) electrons. The molecule has 8 nitrogen and oxygen atoms in total. The lowest BCUT2D eigenvalue weighted by Crippen LogP contribution is -2.24. The number of aliphatic imine (C=N–C) groups is 1. The Morgan fingerprint density at radius 2 is 1.94 bits per heavy atom. The molecule has 2 aliphatic heterocycles. The van der Waals surface area contributed by atoms with E-state index in [1.54, 1.807) is 30.5 Å². The van der Waals surface area contributed by atoms with E-state index in [1.807, 2.05) is 54.6 Å². The number of hydrazone groups is 1. The Bertz CT molecular complexity index is 1240. The molecule has 0 aliphatic carbocycles. The number of nitrogens with one attached hydrogen (secondary N) is 1. The molecule has 172 valence electrons. The monoisotopic (exact) mass is 474 g/mol. The average molecular weight is 475 g/mol. The molecule has 0 fully saturated rings. The maximum Gasteiger partial charge on any atom is 0.262 e. The molecule has 2 aromatic carbocycles. The standard InChI is InChI=1S/C25H22N4O4S/c1-32-18-11-9-16(10-12-18)19-14-20(21-8-5-13-33-21)29(28-19)25-27-24(31)22(34-25)15-23(30)26-17-6-3-2-4-7-17/h2-13,20,22H,14-15H2,1H3,(H,26,30)/t20-,22-/m0/s1. The van der Waals surface area contributed by atoms with Crippen LogP contribution in [-0.2, 0) is 9.59 Å². The number of anilines is 1. The van der Waals surface area contributed by atoms with Crippen LogP contribution >= 0.6 is 11.8 Å². The largest absolute Gasteiger partial charge is 0.497 e. The van der Waals surface area contributed by atoms with Crippen LogP contribution in [0, 0.1) is 0 Å². The van der Waals surface area contributed by atoms with Gasteiger partial charge in [-0.3, -0.25) is 9.59 Å². The smallest absolute Gasteiger partial charge is 0.262 e. The fourth-order valence-corrected chi connectivity index (χ4v) is 4.92. The third-order valence-electron chi connectivity index (χ3n) is 5.56. The van der Waals surface area contributed by atoms with Crippen LogP contribution in [-0.4, -0.2) is 40.1 Å². The van der Waals surface area contributed by atoms with E-state index in [1.165, 1.54) is 11.8 Å². The number of amidine groups is 1. The van der Waals surface area contributed by atoms with Gasteiger partial charge in [-0.25, -0.2) is 5.01 Å². The van der Waals surface area contributed by atoms with Crippen molar-refractivity contribution in [3.8, 4) is 5.75 Å². The van der Waals surface area contributed by atoms with Crippen molar-refractivity contribution >= 4 is 40.1 Å². The van der Waals surface area contributed by atoms with E-state index in [9.17, 15) is 9.59 Å². The molecule has 2 aliphatic rings. The zero-order valence-corrected chi connectivity index (χ0v) is 19.2. The van der Waals surface area contributed by atoms with Crippen LogP contribution in [0.4, 0.5) is 5.69 Å². The van der Waals surface area contributed by atoms with Crippen LogP contribution in [0.3, 0.4) is 0 Å². The number of carbonyl (C=O) groups excluding carboxylic acids is 2. The van der Waals surface area contributed by atoms with Gasteiger partial charge in [-0.2, -0.15) is 10.1 Å². The Morgan fingerprint density at radius 1 is 1.15 bits per heavy atom. The van der Waals surface area contributed by atoms with E-state index in [0.717, 1.165) is 22.8 Å². The Morgan fingerprint density at radius 3 is 2.65 bits per heavy atom. The van der Waals surface area contributed by atoms with Crippen LogP contribution < -0.4 is 10.1 Å². The van der Waals surface area contributed by atoms with E-state index in [0.29, 0.717) is 17.3 Å². The lowest BCUT2D eigenvalue weighted by Gasteiger charge is -2.20. The first-order valence-electron chi connectivity index (χ1n) is 10.8. The number of ether oxygens (including phenoxy) is 1. The summed E-state index contributed by atoms with van der Waals surface area (Å²) in [6, 6.07) is 20.3. The molecule has 0 saturated heterocycles. The second-order valence-electron chi connectivity index (χ2n) is 7.81. The SMILES string of the molecule is COc1ccc(C2=NN(C3=NC(=O)[C@H](CC(=O)Nc4ccccc4)S3)[C@H](c3ccco3)C2)cc1. The molecule has 0 spiro atoms. The number of hydrogen-bond acceptors (Lipinski definition) is 7. The molecule has 0 saturated carbocycles. The second-order valence-corrected chi connectivity index (χ2v) is 8.98. The van der Waals surface area contributed by atoms with Crippen molar-refractivity contribution in [2.75, 3.05) is 12.4 Å². The lowest BCUT2D eigenvalue weighted by molar-refractivity contribution is -0.121. The Hall–Kier alpha value is -3.85. The summed E-state index contributed by atoms with van der Waals surface area (Å²) in [5, 5.41) is 9.21. The van der Waals surface area contributed by atoms with E-state index >= 15 is 0 Å². The van der Waals surface area contributed by atoms with Crippen molar-refractivity contribution in [2.45, 2.75) is 24.1 Å². The van der Waals surface area contributed by atoms with Crippen LogP contribution in [0.25, 0.3) is 0 Å². The first-order valence-corrected chi connectivity index (χ1v) is 11.7. The quantitative estimate of drug-likeness (QED) is 0.566. The third kappa shape index (κ3) is 4.60. The maximum absolute atomic E-state index is 12.6. The Labute approximate surface area is 200 Å². The summed E-state index contributed by atoms with van der Waals surface area (Å²) in [6.07, 6.45) is 2.23. The van der Waals surface area contributed by atoms with Crippen molar-refractivity contribution in [1.29, 1.82) is 0 Å². The number of hydrogen-bond donors (Lipinski definition) is 1. The number of rotatable bonds is 6. The van der Waals surface area contributed by atoms with Gasteiger partial charge >= 0.3 is 0 Å². The number of methoxy groups -OCH3 is 1. The molecule has 1 N–H and O–H groups in total. The van der Waals surface area contributed by atoms with Gasteiger partial charge in [-0.05, 0) is 54.1 Å². The number of para-hydroxylation sites is 1. The summed E-state index contributed by atoms with van der Waals surface area (Å²) in [5.41, 5.74) is 2.49. The summed E-state index contributed by atoms with van der Waals surface area (Å²) < 4.78 is 10.9. The Kier molecular flexibility index (Phi) is 6.18. The Balaban J connectivity index is 1.33. The van der Waals surface area contributed by atoms with E-state index in [2.05, 4.69) is 10.3 Å². The van der Waals surface area contributed by atoms with Gasteiger partial charge in [0.05, 0.1) is 19.1 Å². The summed E-state index contributed by atoms with van der Waals surface area (Å²) in [4.78, 5) is 29.4.